The fraction of sp³-hybridized carbons (Fsp3) is 0.500. The summed E-state index contributed by atoms with van der Waals surface area (Å²) in [5.74, 6) is 0.766. The van der Waals surface area contributed by atoms with Gasteiger partial charge in [0.2, 0.25) is 0 Å². The smallest absolute Gasteiger partial charge is 0.134 e. The summed E-state index contributed by atoms with van der Waals surface area (Å²) in [6, 6.07) is 1.71. The van der Waals surface area contributed by atoms with Gasteiger partial charge in [0.05, 0.1) is 0 Å². The van der Waals surface area contributed by atoms with E-state index in [2.05, 4.69) is 20.2 Å². The molecular formula is C8H13ClN4. The van der Waals surface area contributed by atoms with E-state index in [1.165, 1.54) is 6.33 Å². The van der Waals surface area contributed by atoms with Gasteiger partial charge in [0, 0.05) is 19.2 Å². The summed E-state index contributed by atoms with van der Waals surface area (Å²) in [7, 11) is 4.04. The summed E-state index contributed by atoms with van der Waals surface area (Å²) in [6.45, 7) is 1.81. The van der Waals surface area contributed by atoms with Gasteiger partial charge in [-0.25, -0.2) is 9.97 Å². The Bertz CT molecular complexity index is 264. The SMILES string of the molecule is CN(C)CCNc1cc(Cl)ncn1. The first kappa shape index (κ1) is 10.2. The zero-order valence-corrected chi connectivity index (χ0v) is 8.54. The monoisotopic (exact) mass is 200 g/mol. The number of hydrogen-bond donors (Lipinski definition) is 1. The molecule has 72 valence electrons. The number of nitrogens with zero attached hydrogens (tertiary/aromatic N) is 3. The third-order valence-corrected chi connectivity index (χ3v) is 1.71. The molecule has 0 saturated carbocycles. The molecule has 13 heavy (non-hydrogen) atoms. The van der Waals surface area contributed by atoms with Crippen molar-refractivity contribution >= 4 is 17.4 Å². The first-order chi connectivity index (χ1) is 6.18. The van der Waals surface area contributed by atoms with Gasteiger partial charge in [-0.3, -0.25) is 0 Å². The van der Waals surface area contributed by atoms with Crippen molar-refractivity contribution in [3.05, 3.63) is 17.5 Å². The van der Waals surface area contributed by atoms with Gasteiger partial charge in [0.25, 0.3) is 0 Å². The lowest BCUT2D eigenvalue weighted by atomic mass is 10.5. The Hall–Kier alpha value is -0.870. The molecule has 0 fully saturated rings. The Morgan fingerprint density at radius 1 is 1.46 bits per heavy atom. The van der Waals surface area contributed by atoms with Gasteiger partial charge in [-0.15, -0.1) is 0 Å². The highest BCUT2D eigenvalue weighted by Gasteiger charge is 1.95. The average Bonchev–Trinajstić information content (AvgIpc) is 2.03. The van der Waals surface area contributed by atoms with Crippen LogP contribution >= 0.6 is 11.6 Å². The number of rotatable bonds is 4. The molecule has 0 atom stereocenters. The molecule has 0 aliphatic heterocycles. The fourth-order valence-corrected chi connectivity index (χ4v) is 0.985. The van der Waals surface area contributed by atoms with E-state index in [1.54, 1.807) is 6.07 Å². The summed E-state index contributed by atoms with van der Waals surface area (Å²) in [5, 5.41) is 3.60. The van der Waals surface area contributed by atoms with Crippen LogP contribution in [0.15, 0.2) is 12.4 Å². The van der Waals surface area contributed by atoms with Gasteiger partial charge >= 0.3 is 0 Å². The van der Waals surface area contributed by atoms with Crippen LogP contribution in [0.2, 0.25) is 5.15 Å². The summed E-state index contributed by atoms with van der Waals surface area (Å²) in [5.41, 5.74) is 0. The molecule has 0 aliphatic rings. The van der Waals surface area contributed by atoms with E-state index < -0.39 is 0 Å². The minimum Gasteiger partial charge on any atom is -0.369 e. The van der Waals surface area contributed by atoms with Crippen LogP contribution in [-0.4, -0.2) is 42.1 Å². The molecule has 4 nitrogen and oxygen atoms in total. The van der Waals surface area contributed by atoms with Crippen molar-refractivity contribution in [2.45, 2.75) is 0 Å². The van der Waals surface area contributed by atoms with Crippen LogP contribution in [0, 0.1) is 0 Å². The predicted molar refractivity (Wildman–Crippen MR) is 54.1 cm³/mol. The van der Waals surface area contributed by atoms with Crippen LogP contribution < -0.4 is 5.32 Å². The highest BCUT2D eigenvalue weighted by atomic mass is 35.5. The minimum atomic E-state index is 0.461. The van der Waals surface area contributed by atoms with Crippen molar-refractivity contribution in [2.24, 2.45) is 0 Å². The largest absolute Gasteiger partial charge is 0.369 e. The van der Waals surface area contributed by atoms with Gasteiger partial charge in [0.1, 0.15) is 17.3 Å². The maximum atomic E-state index is 5.68. The number of likely N-dealkylation sites (N-methyl/N-ethyl adjacent to an activating group) is 1. The summed E-state index contributed by atoms with van der Waals surface area (Å²) < 4.78 is 0. The predicted octanol–water partition coefficient (Wildman–Crippen LogP) is 1.10. The summed E-state index contributed by atoms with van der Waals surface area (Å²) >= 11 is 5.68. The van der Waals surface area contributed by atoms with E-state index in [0.29, 0.717) is 5.15 Å². The van der Waals surface area contributed by atoms with Crippen LogP contribution in [-0.2, 0) is 0 Å². The third-order valence-electron chi connectivity index (χ3n) is 1.50. The van der Waals surface area contributed by atoms with Gasteiger partial charge in [0.15, 0.2) is 0 Å². The zero-order chi connectivity index (χ0) is 9.68. The molecular weight excluding hydrogens is 188 g/mol. The molecule has 0 aliphatic carbocycles. The van der Waals surface area contributed by atoms with Crippen molar-refractivity contribution in [1.82, 2.24) is 14.9 Å². The molecule has 1 heterocycles. The molecule has 1 aromatic rings. The van der Waals surface area contributed by atoms with Gasteiger partial charge in [-0.2, -0.15) is 0 Å². The molecule has 0 aromatic carbocycles. The van der Waals surface area contributed by atoms with Crippen LogP contribution in [0.25, 0.3) is 0 Å². The Morgan fingerprint density at radius 2 is 2.23 bits per heavy atom. The average molecular weight is 201 g/mol. The maximum Gasteiger partial charge on any atom is 0.134 e. The van der Waals surface area contributed by atoms with Crippen molar-refractivity contribution in [3.63, 3.8) is 0 Å². The lowest BCUT2D eigenvalue weighted by Crippen LogP contribution is -2.21. The van der Waals surface area contributed by atoms with Crippen LogP contribution in [0.5, 0.6) is 0 Å². The van der Waals surface area contributed by atoms with Crippen LogP contribution in [0.1, 0.15) is 0 Å². The first-order valence-corrected chi connectivity index (χ1v) is 4.42. The van der Waals surface area contributed by atoms with E-state index in [1.807, 2.05) is 14.1 Å². The molecule has 0 saturated heterocycles. The molecule has 0 radical (unpaired) electrons. The third kappa shape index (κ3) is 4.05. The topological polar surface area (TPSA) is 41.0 Å². The number of nitrogens with one attached hydrogen (secondary N) is 1. The fourth-order valence-electron chi connectivity index (χ4n) is 0.838. The molecule has 1 aromatic heterocycles. The van der Waals surface area contributed by atoms with Crippen molar-refractivity contribution < 1.29 is 0 Å². The Labute approximate surface area is 82.9 Å². The van der Waals surface area contributed by atoms with E-state index in [-0.39, 0.29) is 0 Å². The molecule has 5 heteroatoms. The Morgan fingerprint density at radius 3 is 2.85 bits per heavy atom. The van der Waals surface area contributed by atoms with Crippen molar-refractivity contribution in [2.75, 3.05) is 32.5 Å². The molecule has 1 N–H and O–H groups in total. The standard InChI is InChI=1S/C8H13ClN4/c1-13(2)4-3-10-8-5-7(9)11-6-12-8/h5-6H,3-4H2,1-2H3,(H,10,11,12). The van der Waals surface area contributed by atoms with Gasteiger partial charge in [-0.1, -0.05) is 11.6 Å². The molecule has 0 spiro atoms. The number of anilines is 1. The highest BCUT2D eigenvalue weighted by molar-refractivity contribution is 6.29. The quantitative estimate of drug-likeness (QED) is 0.740. The molecule has 0 bridgehead atoms. The Kier molecular flexibility index (Phi) is 3.92. The second-order valence-corrected chi connectivity index (χ2v) is 3.34. The first-order valence-electron chi connectivity index (χ1n) is 4.04. The second-order valence-electron chi connectivity index (χ2n) is 2.96. The molecule has 0 unspecified atom stereocenters. The maximum absolute atomic E-state index is 5.68. The Balaban J connectivity index is 2.37. The summed E-state index contributed by atoms with van der Waals surface area (Å²) in [6.07, 6.45) is 1.44. The lowest BCUT2D eigenvalue weighted by Gasteiger charge is -2.10. The van der Waals surface area contributed by atoms with Gasteiger partial charge < -0.3 is 10.2 Å². The van der Waals surface area contributed by atoms with Crippen molar-refractivity contribution in [3.8, 4) is 0 Å². The lowest BCUT2D eigenvalue weighted by molar-refractivity contribution is 0.425. The second kappa shape index (κ2) is 4.99. The minimum absolute atomic E-state index is 0.461. The van der Waals surface area contributed by atoms with E-state index in [9.17, 15) is 0 Å². The van der Waals surface area contributed by atoms with E-state index in [0.717, 1.165) is 18.9 Å². The number of hydrogen-bond acceptors (Lipinski definition) is 4. The molecule has 1 rings (SSSR count). The normalized spacial score (nSPS) is 10.5. The molecule has 0 amide bonds. The van der Waals surface area contributed by atoms with Crippen LogP contribution in [0.4, 0.5) is 5.82 Å². The van der Waals surface area contributed by atoms with Gasteiger partial charge in [-0.05, 0) is 14.1 Å². The number of aromatic nitrogens is 2. The van der Waals surface area contributed by atoms with E-state index >= 15 is 0 Å². The highest BCUT2D eigenvalue weighted by Crippen LogP contribution is 2.07. The zero-order valence-electron chi connectivity index (χ0n) is 7.79. The summed E-state index contributed by atoms with van der Waals surface area (Å²) in [4.78, 5) is 9.89. The van der Waals surface area contributed by atoms with Crippen molar-refractivity contribution in [1.29, 1.82) is 0 Å². The number of halogens is 1. The van der Waals surface area contributed by atoms with Crippen LogP contribution in [0.3, 0.4) is 0 Å². The van der Waals surface area contributed by atoms with E-state index in [4.69, 9.17) is 11.6 Å².